The maximum absolute atomic E-state index is 13.8. The molecule has 0 aliphatic carbocycles. The average molecular weight is 289 g/mol. The Kier molecular flexibility index (Phi) is 3.35. The van der Waals surface area contributed by atoms with E-state index in [2.05, 4.69) is 4.98 Å². The molecule has 106 valence electrons. The summed E-state index contributed by atoms with van der Waals surface area (Å²) in [6, 6.07) is 8.92. The van der Waals surface area contributed by atoms with Gasteiger partial charge in [0, 0.05) is 28.9 Å². The molecule has 0 spiro atoms. The first kappa shape index (κ1) is 13.6. The number of hydrogen-bond donors (Lipinski definition) is 1. The smallest absolute Gasteiger partial charge is 0.194 e. The second-order valence-corrected chi connectivity index (χ2v) is 4.62. The van der Waals surface area contributed by atoms with Crippen molar-refractivity contribution in [1.29, 1.82) is 0 Å². The summed E-state index contributed by atoms with van der Waals surface area (Å²) in [5, 5.41) is 11.7. The second kappa shape index (κ2) is 5.18. The van der Waals surface area contributed by atoms with Crippen LogP contribution in [0.4, 0.5) is 13.2 Å². The van der Waals surface area contributed by atoms with Gasteiger partial charge in [0.2, 0.25) is 0 Å². The number of halogens is 3. The lowest BCUT2D eigenvalue weighted by atomic mass is 9.97. The standard InChI is InChI=1S/C16H10F3NO/c17-13-6-5-11(14(18)15(13)19)16(21)12-8-20-7-9-3-1-2-4-10(9)12/h1-8,16,21H. The van der Waals surface area contributed by atoms with Gasteiger partial charge in [-0.2, -0.15) is 0 Å². The van der Waals surface area contributed by atoms with Crippen LogP contribution in [-0.4, -0.2) is 10.1 Å². The number of pyridine rings is 1. The lowest BCUT2D eigenvalue weighted by Crippen LogP contribution is -2.06. The van der Waals surface area contributed by atoms with Crippen molar-refractivity contribution in [2.45, 2.75) is 6.10 Å². The van der Waals surface area contributed by atoms with E-state index in [1.165, 1.54) is 6.20 Å². The zero-order valence-corrected chi connectivity index (χ0v) is 10.7. The van der Waals surface area contributed by atoms with Crippen molar-refractivity contribution in [2.75, 3.05) is 0 Å². The monoisotopic (exact) mass is 289 g/mol. The Hall–Kier alpha value is -2.40. The Morgan fingerprint density at radius 1 is 0.857 bits per heavy atom. The summed E-state index contributed by atoms with van der Waals surface area (Å²) in [6.45, 7) is 0. The van der Waals surface area contributed by atoms with Gasteiger partial charge in [-0.3, -0.25) is 4.98 Å². The molecule has 0 fully saturated rings. The van der Waals surface area contributed by atoms with Gasteiger partial charge in [0.1, 0.15) is 6.10 Å². The fraction of sp³-hybridized carbons (Fsp3) is 0.0625. The third-order valence-electron chi connectivity index (χ3n) is 3.35. The summed E-state index contributed by atoms with van der Waals surface area (Å²) >= 11 is 0. The van der Waals surface area contributed by atoms with Crippen LogP contribution in [0.3, 0.4) is 0 Å². The molecule has 21 heavy (non-hydrogen) atoms. The molecule has 0 amide bonds. The van der Waals surface area contributed by atoms with Crippen LogP contribution in [-0.2, 0) is 0 Å². The Morgan fingerprint density at radius 2 is 1.62 bits per heavy atom. The van der Waals surface area contributed by atoms with Crippen molar-refractivity contribution in [3.05, 3.63) is 77.4 Å². The Balaban J connectivity index is 2.17. The zero-order valence-electron chi connectivity index (χ0n) is 10.7. The third kappa shape index (κ3) is 2.25. The molecule has 0 aliphatic rings. The summed E-state index contributed by atoms with van der Waals surface area (Å²) < 4.78 is 40.1. The fourth-order valence-electron chi connectivity index (χ4n) is 2.28. The van der Waals surface area contributed by atoms with Crippen LogP contribution in [0, 0.1) is 17.5 Å². The number of aromatic nitrogens is 1. The molecule has 1 N–H and O–H groups in total. The molecule has 0 saturated carbocycles. The number of rotatable bonds is 2. The molecule has 2 nitrogen and oxygen atoms in total. The molecular weight excluding hydrogens is 279 g/mol. The van der Waals surface area contributed by atoms with Crippen LogP contribution in [0.5, 0.6) is 0 Å². The largest absolute Gasteiger partial charge is 0.383 e. The van der Waals surface area contributed by atoms with E-state index in [9.17, 15) is 18.3 Å². The SMILES string of the molecule is OC(c1ccc(F)c(F)c1F)c1cncc2ccccc12. The van der Waals surface area contributed by atoms with E-state index in [1.807, 2.05) is 0 Å². The molecule has 0 saturated heterocycles. The van der Waals surface area contributed by atoms with E-state index in [0.717, 1.165) is 17.5 Å². The topological polar surface area (TPSA) is 33.1 Å². The molecule has 3 rings (SSSR count). The molecule has 1 aromatic heterocycles. The molecule has 2 aromatic carbocycles. The molecule has 1 atom stereocenters. The first-order valence-corrected chi connectivity index (χ1v) is 6.23. The van der Waals surface area contributed by atoms with Gasteiger partial charge < -0.3 is 5.11 Å². The number of hydrogen-bond acceptors (Lipinski definition) is 2. The summed E-state index contributed by atoms with van der Waals surface area (Å²) in [6.07, 6.45) is 1.56. The number of nitrogens with zero attached hydrogens (tertiary/aromatic N) is 1. The highest BCUT2D eigenvalue weighted by molar-refractivity contribution is 5.85. The maximum atomic E-state index is 13.8. The van der Waals surface area contributed by atoms with Gasteiger partial charge in [0.05, 0.1) is 0 Å². The summed E-state index contributed by atoms with van der Waals surface area (Å²) in [4.78, 5) is 3.98. The van der Waals surface area contributed by atoms with Gasteiger partial charge in [-0.15, -0.1) is 0 Å². The lowest BCUT2D eigenvalue weighted by Gasteiger charge is -2.15. The highest BCUT2D eigenvalue weighted by Crippen LogP contribution is 2.30. The van der Waals surface area contributed by atoms with Crippen LogP contribution >= 0.6 is 0 Å². The minimum Gasteiger partial charge on any atom is -0.383 e. The van der Waals surface area contributed by atoms with Gasteiger partial charge in [0.15, 0.2) is 17.5 Å². The third-order valence-corrected chi connectivity index (χ3v) is 3.35. The molecular formula is C16H10F3NO. The summed E-state index contributed by atoms with van der Waals surface area (Å²) in [5.41, 5.74) is 0.00469. The predicted molar refractivity (Wildman–Crippen MR) is 72.1 cm³/mol. The number of aliphatic hydroxyl groups is 1. The van der Waals surface area contributed by atoms with Gasteiger partial charge in [-0.25, -0.2) is 13.2 Å². The quantitative estimate of drug-likeness (QED) is 0.729. The number of fused-ring (bicyclic) bond motifs is 1. The Bertz CT molecular complexity index is 814. The zero-order chi connectivity index (χ0) is 15.0. The summed E-state index contributed by atoms with van der Waals surface area (Å²) in [7, 11) is 0. The van der Waals surface area contributed by atoms with Crippen molar-refractivity contribution in [3.63, 3.8) is 0 Å². The minimum absolute atomic E-state index is 0.327. The lowest BCUT2D eigenvalue weighted by molar-refractivity contribution is 0.213. The Labute approximate surface area is 118 Å². The first-order chi connectivity index (χ1) is 10.1. The number of benzene rings is 2. The number of aliphatic hydroxyl groups excluding tert-OH is 1. The van der Waals surface area contributed by atoms with Crippen molar-refractivity contribution < 1.29 is 18.3 Å². The van der Waals surface area contributed by atoms with Crippen LogP contribution in [0.15, 0.2) is 48.8 Å². The van der Waals surface area contributed by atoms with Crippen molar-refractivity contribution in [1.82, 2.24) is 4.98 Å². The van der Waals surface area contributed by atoms with Crippen LogP contribution in [0.2, 0.25) is 0 Å². The van der Waals surface area contributed by atoms with Crippen molar-refractivity contribution in [2.24, 2.45) is 0 Å². The van der Waals surface area contributed by atoms with Gasteiger partial charge in [0.25, 0.3) is 0 Å². The Morgan fingerprint density at radius 3 is 2.43 bits per heavy atom. The van der Waals surface area contributed by atoms with Gasteiger partial charge in [-0.1, -0.05) is 30.3 Å². The van der Waals surface area contributed by atoms with Crippen LogP contribution < -0.4 is 0 Å². The van der Waals surface area contributed by atoms with Crippen LogP contribution in [0.1, 0.15) is 17.2 Å². The normalized spacial score (nSPS) is 12.6. The predicted octanol–water partition coefficient (Wildman–Crippen LogP) is 3.73. The molecule has 1 unspecified atom stereocenters. The molecule has 1 heterocycles. The van der Waals surface area contributed by atoms with E-state index in [4.69, 9.17) is 0 Å². The van der Waals surface area contributed by atoms with E-state index >= 15 is 0 Å². The van der Waals surface area contributed by atoms with E-state index in [0.29, 0.717) is 10.9 Å². The maximum Gasteiger partial charge on any atom is 0.194 e. The average Bonchev–Trinajstić information content (AvgIpc) is 2.51. The highest BCUT2D eigenvalue weighted by atomic mass is 19.2. The fourth-order valence-corrected chi connectivity index (χ4v) is 2.28. The second-order valence-electron chi connectivity index (χ2n) is 4.62. The van der Waals surface area contributed by atoms with E-state index < -0.39 is 23.6 Å². The van der Waals surface area contributed by atoms with Crippen LogP contribution in [0.25, 0.3) is 10.8 Å². The summed E-state index contributed by atoms with van der Waals surface area (Å²) in [5.74, 6) is -4.28. The van der Waals surface area contributed by atoms with E-state index in [-0.39, 0.29) is 5.56 Å². The van der Waals surface area contributed by atoms with E-state index in [1.54, 1.807) is 30.5 Å². The van der Waals surface area contributed by atoms with Gasteiger partial charge in [-0.05, 0) is 11.5 Å². The molecule has 0 bridgehead atoms. The minimum atomic E-state index is -1.60. The van der Waals surface area contributed by atoms with Crippen molar-refractivity contribution in [3.8, 4) is 0 Å². The molecule has 0 aliphatic heterocycles. The molecule has 3 aromatic rings. The van der Waals surface area contributed by atoms with Gasteiger partial charge >= 0.3 is 0 Å². The van der Waals surface area contributed by atoms with Crippen molar-refractivity contribution >= 4 is 10.8 Å². The first-order valence-electron chi connectivity index (χ1n) is 6.23. The highest BCUT2D eigenvalue weighted by Gasteiger charge is 2.22. The molecule has 0 radical (unpaired) electrons. The molecule has 5 heteroatoms.